The number of sulfone groups is 1. The summed E-state index contributed by atoms with van der Waals surface area (Å²) in [7, 11) is -3.13. The molecule has 1 atom stereocenters. The zero-order chi connectivity index (χ0) is 18.5. The summed E-state index contributed by atoms with van der Waals surface area (Å²) in [5.41, 5.74) is 3.95. The van der Waals surface area contributed by atoms with Crippen LogP contribution in [0.2, 0.25) is 0 Å². The molecule has 136 valence electrons. The average molecular weight is 387 g/mol. The molecule has 0 aromatic heterocycles. The van der Waals surface area contributed by atoms with Gasteiger partial charge in [0.15, 0.2) is 5.17 Å². The zero-order valence-electron chi connectivity index (χ0n) is 13.6. The molecule has 10 heteroatoms. The number of benzene rings is 1. The Morgan fingerprint density at radius 3 is 2.60 bits per heavy atom. The molecule has 0 amide bonds. The Balaban J connectivity index is 2.17. The summed E-state index contributed by atoms with van der Waals surface area (Å²) in [6.07, 6.45) is 0.634. The summed E-state index contributed by atoms with van der Waals surface area (Å²) < 4.78 is 38.4. The van der Waals surface area contributed by atoms with E-state index in [2.05, 4.69) is 4.99 Å². The number of non-ortho nitro benzene ring substituents is 1. The van der Waals surface area contributed by atoms with Gasteiger partial charge in [-0.15, -0.1) is 0 Å². The highest BCUT2D eigenvalue weighted by Gasteiger charge is 2.55. The van der Waals surface area contributed by atoms with E-state index in [4.69, 9.17) is 5.73 Å². The van der Waals surface area contributed by atoms with E-state index < -0.39 is 31.5 Å². The van der Waals surface area contributed by atoms with Crippen LogP contribution in [0.1, 0.15) is 25.3 Å². The molecule has 3 rings (SSSR count). The molecule has 1 aromatic carbocycles. The van der Waals surface area contributed by atoms with E-state index >= 15 is 0 Å². The van der Waals surface area contributed by atoms with E-state index in [9.17, 15) is 22.9 Å². The second-order valence-corrected chi connectivity index (χ2v) is 9.96. The molecule has 2 aliphatic rings. The lowest BCUT2D eigenvalue weighted by Gasteiger charge is -2.50. The fraction of sp³-hybridized carbons (Fsp3) is 0.533. The van der Waals surface area contributed by atoms with Crippen LogP contribution >= 0.6 is 11.8 Å². The number of nitrogens with two attached hydrogens (primary N) is 1. The van der Waals surface area contributed by atoms with Gasteiger partial charge in [-0.25, -0.2) is 12.8 Å². The molecule has 7 nitrogen and oxygen atoms in total. The lowest BCUT2D eigenvalue weighted by molar-refractivity contribution is -0.385. The Labute approximate surface area is 149 Å². The SMILES string of the molecule is C[C@]1(c2cc([N+](=O)[O-])ccc2F)N=C(N)SCC12CCS(=O)(=O)CC2. The van der Waals surface area contributed by atoms with Gasteiger partial charge < -0.3 is 5.73 Å². The molecule has 1 spiro atoms. The van der Waals surface area contributed by atoms with E-state index in [1.54, 1.807) is 6.92 Å². The molecule has 0 radical (unpaired) electrons. The topological polar surface area (TPSA) is 116 Å². The molecular weight excluding hydrogens is 369 g/mol. The number of nitrogens with zero attached hydrogens (tertiary/aromatic N) is 2. The van der Waals surface area contributed by atoms with Crippen molar-refractivity contribution in [1.29, 1.82) is 0 Å². The fourth-order valence-corrected chi connectivity index (χ4v) is 6.48. The first-order chi connectivity index (χ1) is 11.6. The van der Waals surface area contributed by atoms with E-state index in [-0.39, 0.29) is 27.9 Å². The smallest absolute Gasteiger partial charge is 0.270 e. The van der Waals surface area contributed by atoms with Crippen LogP contribution < -0.4 is 5.73 Å². The molecule has 25 heavy (non-hydrogen) atoms. The summed E-state index contributed by atoms with van der Waals surface area (Å²) in [5.74, 6) is -0.120. The summed E-state index contributed by atoms with van der Waals surface area (Å²) in [6, 6.07) is 3.34. The maximum Gasteiger partial charge on any atom is 0.270 e. The third kappa shape index (κ3) is 3.01. The van der Waals surface area contributed by atoms with Gasteiger partial charge in [-0.05, 0) is 25.8 Å². The lowest BCUT2D eigenvalue weighted by atomic mass is 9.64. The number of rotatable bonds is 2. The summed E-state index contributed by atoms with van der Waals surface area (Å²) >= 11 is 1.31. The van der Waals surface area contributed by atoms with Crippen LogP contribution in [0.25, 0.3) is 0 Å². The van der Waals surface area contributed by atoms with Gasteiger partial charge in [-0.2, -0.15) is 0 Å². The maximum atomic E-state index is 14.6. The second kappa shape index (κ2) is 5.94. The summed E-state index contributed by atoms with van der Waals surface area (Å²) in [5, 5.41) is 11.4. The average Bonchev–Trinajstić information content (AvgIpc) is 2.53. The van der Waals surface area contributed by atoms with E-state index in [0.29, 0.717) is 18.6 Å². The van der Waals surface area contributed by atoms with Crippen molar-refractivity contribution >= 4 is 32.5 Å². The van der Waals surface area contributed by atoms with Gasteiger partial charge in [0.2, 0.25) is 0 Å². The molecular formula is C15H18FN3O4S2. The second-order valence-electron chi connectivity index (χ2n) is 6.66. The van der Waals surface area contributed by atoms with Crippen LogP contribution in [0.5, 0.6) is 0 Å². The predicted molar refractivity (Wildman–Crippen MR) is 94.8 cm³/mol. The van der Waals surface area contributed by atoms with E-state index in [0.717, 1.165) is 12.1 Å². The largest absolute Gasteiger partial charge is 0.379 e. The highest BCUT2D eigenvalue weighted by molar-refractivity contribution is 8.13. The van der Waals surface area contributed by atoms with Crippen molar-refractivity contribution in [2.45, 2.75) is 25.3 Å². The number of halogens is 1. The number of nitro groups is 1. The van der Waals surface area contributed by atoms with Crippen LogP contribution in [0.3, 0.4) is 0 Å². The van der Waals surface area contributed by atoms with Crippen LogP contribution in [-0.2, 0) is 15.4 Å². The van der Waals surface area contributed by atoms with Crippen molar-refractivity contribution in [2.75, 3.05) is 17.3 Å². The van der Waals surface area contributed by atoms with Crippen molar-refractivity contribution in [1.82, 2.24) is 0 Å². The Kier molecular flexibility index (Phi) is 4.31. The standard InChI is InChI=1S/C15H18FN3O4S2/c1-14(11-8-10(19(20)21)2-3-12(11)16)15(9-24-13(17)18-14)4-6-25(22,23)7-5-15/h2-3,8H,4-7,9H2,1H3,(H2,17,18)/t14-/m1/s1. The maximum absolute atomic E-state index is 14.6. The molecule has 1 aromatic rings. The molecule has 1 saturated heterocycles. The Bertz CT molecular complexity index is 858. The minimum absolute atomic E-state index is 0.00484. The van der Waals surface area contributed by atoms with Crippen LogP contribution in [0.15, 0.2) is 23.2 Å². The molecule has 2 heterocycles. The molecule has 0 saturated carbocycles. The first-order valence-electron chi connectivity index (χ1n) is 7.72. The van der Waals surface area contributed by atoms with E-state index in [1.807, 2.05) is 0 Å². The number of hydrogen-bond acceptors (Lipinski definition) is 7. The lowest BCUT2D eigenvalue weighted by Crippen LogP contribution is -2.52. The summed E-state index contributed by atoms with van der Waals surface area (Å²) in [4.78, 5) is 15.0. The molecule has 0 aliphatic carbocycles. The van der Waals surface area contributed by atoms with Gasteiger partial charge in [0.25, 0.3) is 5.69 Å². The Morgan fingerprint density at radius 2 is 2.00 bits per heavy atom. The normalized spacial score (nSPS) is 27.7. The zero-order valence-corrected chi connectivity index (χ0v) is 15.2. The number of aliphatic imine (C=N–C) groups is 1. The van der Waals surface area contributed by atoms with Gasteiger partial charge in [-0.3, -0.25) is 15.1 Å². The Hall–Kier alpha value is -1.68. The molecule has 2 N–H and O–H groups in total. The van der Waals surface area contributed by atoms with Crippen molar-refractivity contribution in [3.05, 3.63) is 39.7 Å². The molecule has 2 aliphatic heterocycles. The number of thioether (sulfide) groups is 1. The van der Waals surface area contributed by atoms with Gasteiger partial charge in [0.05, 0.1) is 22.0 Å². The van der Waals surface area contributed by atoms with Crippen LogP contribution in [0.4, 0.5) is 10.1 Å². The third-order valence-electron chi connectivity index (χ3n) is 5.33. The first-order valence-corrected chi connectivity index (χ1v) is 10.5. The van der Waals surface area contributed by atoms with Crippen molar-refractivity contribution < 1.29 is 17.7 Å². The van der Waals surface area contributed by atoms with Gasteiger partial charge in [-0.1, -0.05) is 11.8 Å². The monoisotopic (exact) mass is 387 g/mol. The van der Waals surface area contributed by atoms with Crippen LogP contribution in [0, 0.1) is 21.3 Å². The third-order valence-corrected chi connectivity index (χ3v) is 8.07. The summed E-state index contributed by atoms with van der Waals surface area (Å²) in [6.45, 7) is 1.69. The van der Waals surface area contributed by atoms with Crippen LogP contribution in [-0.4, -0.2) is 35.8 Å². The van der Waals surface area contributed by atoms with Crippen molar-refractivity contribution in [3.8, 4) is 0 Å². The van der Waals surface area contributed by atoms with Gasteiger partial charge in [0, 0.05) is 28.9 Å². The minimum atomic E-state index is -3.13. The molecule has 0 unspecified atom stereocenters. The van der Waals surface area contributed by atoms with Gasteiger partial charge >= 0.3 is 0 Å². The fourth-order valence-electron chi connectivity index (χ4n) is 3.63. The van der Waals surface area contributed by atoms with Gasteiger partial charge in [0.1, 0.15) is 15.7 Å². The highest BCUT2D eigenvalue weighted by atomic mass is 32.2. The quantitative estimate of drug-likeness (QED) is 0.614. The number of nitro benzene ring substituents is 1. The number of amidine groups is 1. The molecule has 0 bridgehead atoms. The molecule has 1 fully saturated rings. The Morgan fingerprint density at radius 1 is 1.36 bits per heavy atom. The number of hydrogen-bond donors (Lipinski definition) is 1. The minimum Gasteiger partial charge on any atom is -0.379 e. The van der Waals surface area contributed by atoms with Crippen molar-refractivity contribution in [2.24, 2.45) is 16.1 Å². The van der Waals surface area contributed by atoms with E-state index in [1.165, 1.54) is 17.8 Å². The van der Waals surface area contributed by atoms with Crippen molar-refractivity contribution in [3.63, 3.8) is 0 Å². The predicted octanol–water partition coefficient (Wildman–Crippen LogP) is 2.21. The highest BCUT2D eigenvalue weighted by Crippen LogP contribution is 2.55. The first kappa shape index (κ1) is 18.1.